The van der Waals surface area contributed by atoms with Gasteiger partial charge in [0, 0.05) is 32.6 Å². The fourth-order valence-corrected chi connectivity index (χ4v) is 5.40. The molecule has 24 heavy (non-hydrogen) atoms. The highest BCUT2D eigenvalue weighted by atomic mass is 32.2. The molecule has 138 valence electrons. The van der Waals surface area contributed by atoms with Gasteiger partial charge in [-0.05, 0) is 25.7 Å². The number of piperidine rings is 1. The molecule has 2 amide bonds. The van der Waals surface area contributed by atoms with Crippen LogP contribution in [0.15, 0.2) is 0 Å². The summed E-state index contributed by atoms with van der Waals surface area (Å²) >= 11 is 0. The van der Waals surface area contributed by atoms with Gasteiger partial charge >= 0.3 is 0 Å². The molecule has 1 saturated heterocycles. The zero-order valence-corrected chi connectivity index (χ0v) is 15.0. The van der Waals surface area contributed by atoms with Gasteiger partial charge in [-0.2, -0.15) is 0 Å². The average molecular weight is 359 g/mol. The number of carbonyl (C=O) groups is 2. The van der Waals surface area contributed by atoms with Gasteiger partial charge in [-0.25, -0.2) is 8.42 Å². The molecular formula is C16H29N3O4S. The molecule has 2 rings (SSSR count). The highest BCUT2D eigenvalue weighted by Gasteiger charge is 2.31. The molecule has 2 aliphatic rings. The fourth-order valence-electron chi connectivity index (χ4n) is 3.56. The number of carbonyl (C=O) groups excluding carboxylic acids is 2. The van der Waals surface area contributed by atoms with Crippen molar-refractivity contribution in [1.82, 2.24) is 10.2 Å². The maximum atomic E-state index is 12.4. The van der Waals surface area contributed by atoms with Gasteiger partial charge < -0.3 is 16.0 Å². The summed E-state index contributed by atoms with van der Waals surface area (Å²) in [5.41, 5.74) is 5.38. The predicted molar refractivity (Wildman–Crippen MR) is 92.0 cm³/mol. The third-order valence-corrected chi connectivity index (χ3v) is 7.26. The summed E-state index contributed by atoms with van der Waals surface area (Å²) in [7, 11) is -3.18. The molecule has 8 heteroatoms. The van der Waals surface area contributed by atoms with Crippen LogP contribution in [-0.2, 0) is 19.4 Å². The molecule has 1 unspecified atom stereocenters. The average Bonchev–Trinajstić information content (AvgIpc) is 3.13. The fraction of sp³-hybridized carbons (Fsp3) is 0.875. The minimum atomic E-state index is -3.18. The largest absolute Gasteiger partial charge is 0.355 e. The number of amides is 2. The first-order valence-corrected chi connectivity index (χ1v) is 10.6. The molecule has 1 aliphatic heterocycles. The van der Waals surface area contributed by atoms with E-state index in [2.05, 4.69) is 5.32 Å². The highest BCUT2D eigenvalue weighted by molar-refractivity contribution is 7.92. The topological polar surface area (TPSA) is 110 Å². The van der Waals surface area contributed by atoms with Crippen molar-refractivity contribution in [2.45, 2.75) is 50.2 Å². The second-order valence-electron chi connectivity index (χ2n) is 6.78. The summed E-state index contributed by atoms with van der Waals surface area (Å²) in [4.78, 5) is 26.0. The third kappa shape index (κ3) is 5.17. The monoisotopic (exact) mass is 359 g/mol. The minimum absolute atomic E-state index is 0.0238. The lowest BCUT2D eigenvalue weighted by atomic mass is 9.97. The quantitative estimate of drug-likeness (QED) is 0.667. The Morgan fingerprint density at radius 1 is 1.12 bits per heavy atom. The maximum absolute atomic E-state index is 12.4. The molecular weight excluding hydrogens is 330 g/mol. The van der Waals surface area contributed by atoms with Crippen LogP contribution in [0.25, 0.3) is 0 Å². The molecule has 0 radical (unpaired) electrons. The lowest BCUT2D eigenvalue weighted by molar-refractivity contribution is -0.135. The van der Waals surface area contributed by atoms with Crippen molar-refractivity contribution in [2.75, 3.05) is 31.9 Å². The maximum Gasteiger partial charge on any atom is 0.224 e. The Hall–Kier alpha value is -1.15. The molecule has 0 spiro atoms. The van der Waals surface area contributed by atoms with Crippen LogP contribution in [0.3, 0.4) is 0 Å². The number of rotatable bonds is 7. The predicted octanol–water partition coefficient (Wildman–Crippen LogP) is 0.0474. The second-order valence-corrected chi connectivity index (χ2v) is 9.18. The van der Waals surface area contributed by atoms with E-state index in [1.165, 1.54) is 0 Å². The van der Waals surface area contributed by atoms with Crippen molar-refractivity contribution in [1.29, 1.82) is 0 Å². The molecule has 0 aromatic heterocycles. The number of nitrogens with two attached hydrogens (primary N) is 1. The normalized spacial score (nSPS) is 22.5. The van der Waals surface area contributed by atoms with Crippen LogP contribution in [0, 0.1) is 5.92 Å². The van der Waals surface area contributed by atoms with Crippen molar-refractivity contribution in [3.63, 3.8) is 0 Å². The van der Waals surface area contributed by atoms with Crippen LogP contribution in [0.1, 0.15) is 44.9 Å². The van der Waals surface area contributed by atoms with E-state index < -0.39 is 9.84 Å². The van der Waals surface area contributed by atoms with Gasteiger partial charge in [0.2, 0.25) is 11.8 Å². The van der Waals surface area contributed by atoms with E-state index in [1.807, 2.05) is 0 Å². The lowest BCUT2D eigenvalue weighted by Crippen LogP contribution is -2.46. The Labute approximate surface area is 144 Å². The number of sulfone groups is 1. The summed E-state index contributed by atoms with van der Waals surface area (Å²) in [5.74, 6) is -0.526. The van der Waals surface area contributed by atoms with E-state index in [0.717, 1.165) is 38.5 Å². The van der Waals surface area contributed by atoms with Gasteiger partial charge in [0.25, 0.3) is 0 Å². The molecule has 1 saturated carbocycles. The van der Waals surface area contributed by atoms with Crippen molar-refractivity contribution >= 4 is 21.7 Å². The summed E-state index contributed by atoms with van der Waals surface area (Å²) in [6.45, 7) is 1.80. The van der Waals surface area contributed by atoms with E-state index in [1.54, 1.807) is 4.90 Å². The van der Waals surface area contributed by atoms with Crippen molar-refractivity contribution in [3.8, 4) is 0 Å². The first-order valence-electron chi connectivity index (χ1n) is 8.91. The van der Waals surface area contributed by atoms with Gasteiger partial charge in [0.15, 0.2) is 9.84 Å². The van der Waals surface area contributed by atoms with Crippen LogP contribution >= 0.6 is 0 Å². The molecule has 1 aliphatic carbocycles. The number of hydrogen-bond donors (Lipinski definition) is 2. The van der Waals surface area contributed by atoms with Crippen molar-refractivity contribution < 1.29 is 18.0 Å². The molecule has 7 nitrogen and oxygen atoms in total. The number of hydrogen-bond acceptors (Lipinski definition) is 5. The lowest BCUT2D eigenvalue weighted by Gasteiger charge is -2.32. The molecule has 1 atom stereocenters. The first kappa shape index (κ1) is 19.2. The van der Waals surface area contributed by atoms with Crippen LogP contribution in [0.5, 0.6) is 0 Å². The molecule has 2 fully saturated rings. The van der Waals surface area contributed by atoms with E-state index in [9.17, 15) is 18.0 Å². The number of nitrogens with zero attached hydrogens (tertiary/aromatic N) is 1. The van der Waals surface area contributed by atoms with E-state index in [4.69, 9.17) is 5.73 Å². The number of likely N-dealkylation sites (tertiary alicyclic amines) is 1. The van der Waals surface area contributed by atoms with Crippen molar-refractivity contribution in [3.05, 3.63) is 0 Å². The second kappa shape index (κ2) is 8.80. The molecule has 3 N–H and O–H groups in total. The Balaban J connectivity index is 1.82. The standard InChI is InChI=1S/C16H29N3O4S/c17-8-9-18-16(21)13-4-3-10-19(12-13)15(20)7-11-24(22,23)14-5-1-2-6-14/h13-14H,1-12,17H2,(H,18,21). The Morgan fingerprint density at radius 2 is 1.83 bits per heavy atom. The molecule has 0 bridgehead atoms. The highest BCUT2D eigenvalue weighted by Crippen LogP contribution is 2.26. The third-order valence-electron chi connectivity index (χ3n) is 5.00. The smallest absolute Gasteiger partial charge is 0.224 e. The van der Waals surface area contributed by atoms with E-state index in [-0.39, 0.29) is 35.2 Å². The SMILES string of the molecule is NCCNC(=O)C1CCCN(C(=O)CCS(=O)(=O)C2CCCC2)C1. The van der Waals surface area contributed by atoms with E-state index in [0.29, 0.717) is 26.2 Å². The van der Waals surface area contributed by atoms with Crippen molar-refractivity contribution in [2.24, 2.45) is 11.7 Å². The zero-order valence-electron chi connectivity index (χ0n) is 14.2. The van der Waals surface area contributed by atoms with Gasteiger partial charge in [0.1, 0.15) is 0 Å². The van der Waals surface area contributed by atoms with Crippen LogP contribution < -0.4 is 11.1 Å². The Bertz CT molecular complexity index is 544. The number of nitrogens with one attached hydrogen (secondary N) is 1. The van der Waals surface area contributed by atoms with Gasteiger partial charge in [-0.15, -0.1) is 0 Å². The molecule has 0 aromatic rings. The summed E-state index contributed by atoms with van der Waals surface area (Å²) in [6, 6.07) is 0. The van der Waals surface area contributed by atoms with Gasteiger partial charge in [-0.1, -0.05) is 12.8 Å². The van der Waals surface area contributed by atoms with Gasteiger partial charge in [-0.3, -0.25) is 9.59 Å². The molecule has 1 heterocycles. The zero-order chi connectivity index (χ0) is 17.6. The van der Waals surface area contributed by atoms with Crippen LogP contribution in [-0.4, -0.2) is 62.3 Å². The van der Waals surface area contributed by atoms with Crippen LogP contribution in [0.4, 0.5) is 0 Å². The summed E-state index contributed by atoms with van der Waals surface area (Å²) in [5, 5.41) is 2.49. The summed E-state index contributed by atoms with van der Waals surface area (Å²) < 4.78 is 24.5. The first-order chi connectivity index (χ1) is 11.4. The van der Waals surface area contributed by atoms with E-state index >= 15 is 0 Å². The van der Waals surface area contributed by atoms with Gasteiger partial charge in [0.05, 0.1) is 16.9 Å². The Kier molecular flexibility index (Phi) is 7.03. The summed E-state index contributed by atoms with van der Waals surface area (Å²) in [6.07, 6.45) is 4.92. The van der Waals surface area contributed by atoms with Crippen LogP contribution in [0.2, 0.25) is 0 Å². The minimum Gasteiger partial charge on any atom is -0.355 e. The Morgan fingerprint density at radius 3 is 2.50 bits per heavy atom. The molecule has 0 aromatic carbocycles.